The van der Waals surface area contributed by atoms with Crippen molar-refractivity contribution in [2.24, 2.45) is 0 Å². The Kier molecular flexibility index (Phi) is 8.42. The van der Waals surface area contributed by atoms with E-state index in [1.54, 1.807) is 19.2 Å². The van der Waals surface area contributed by atoms with E-state index in [0.29, 0.717) is 31.9 Å². The summed E-state index contributed by atoms with van der Waals surface area (Å²) in [6.45, 7) is 7.41. The minimum Gasteiger partial charge on any atom is -0.486 e. The van der Waals surface area contributed by atoms with Crippen LogP contribution in [0.25, 0.3) is 0 Å². The van der Waals surface area contributed by atoms with Crippen molar-refractivity contribution in [1.29, 1.82) is 0 Å². The van der Waals surface area contributed by atoms with Crippen molar-refractivity contribution in [2.45, 2.75) is 45.2 Å². The van der Waals surface area contributed by atoms with Crippen LogP contribution in [0.4, 0.5) is 0 Å². The SMILES string of the molecule is COCCCN(Cc1csc(COc2cc(C)cc(C)c2)n1)S(=O)(=O)c1ccc(C)cc1. The van der Waals surface area contributed by atoms with Gasteiger partial charge in [0, 0.05) is 25.6 Å². The van der Waals surface area contributed by atoms with Crippen LogP contribution >= 0.6 is 11.3 Å². The van der Waals surface area contributed by atoms with Crippen molar-refractivity contribution in [3.05, 3.63) is 75.2 Å². The maximum atomic E-state index is 13.3. The summed E-state index contributed by atoms with van der Waals surface area (Å²) in [4.78, 5) is 4.90. The first-order valence-corrected chi connectivity index (χ1v) is 12.8. The molecule has 0 saturated carbocycles. The highest BCUT2D eigenvalue weighted by molar-refractivity contribution is 7.89. The molecule has 1 heterocycles. The molecule has 172 valence electrons. The Bertz CT molecular complexity index is 1100. The van der Waals surface area contributed by atoms with Crippen LogP contribution in [-0.2, 0) is 27.9 Å². The van der Waals surface area contributed by atoms with E-state index in [1.165, 1.54) is 15.6 Å². The van der Waals surface area contributed by atoms with Crippen LogP contribution in [0.1, 0.15) is 33.8 Å². The van der Waals surface area contributed by atoms with Gasteiger partial charge < -0.3 is 9.47 Å². The Morgan fingerprint density at radius 3 is 2.34 bits per heavy atom. The van der Waals surface area contributed by atoms with Crippen molar-refractivity contribution in [2.75, 3.05) is 20.3 Å². The molecule has 0 fully saturated rings. The Balaban J connectivity index is 1.72. The summed E-state index contributed by atoms with van der Waals surface area (Å²) in [5.74, 6) is 0.808. The van der Waals surface area contributed by atoms with Crippen LogP contribution in [-0.4, -0.2) is 38.0 Å². The summed E-state index contributed by atoms with van der Waals surface area (Å²) in [6, 6.07) is 13.0. The van der Waals surface area contributed by atoms with Gasteiger partial charge in [-0.05, 0) is 62.6 Å². The molecule has 0 unspecified atom stereocenters. The third kappa shape index (κ3) is 6.62. The number of sulfonamides is 1. The van der Waals surface area contributed by atoms with E-state index >= 15 is 0 Å². The normalized spacial score (nSPS) is 11.8. The molecule has 3 aromatic rings. The first-order valence-electron chi connectivity index (χ1n) is 10.5. The lowest BCUT2D eigenvalue weighted by atomic mass is 10.1. The molecular formula is C24H30N2O4S2. The van der Waals surface area contributed by atoms with Gasteiger partial charge in [-0.3, -0.25) is 0 Å². The van der Waals surface area contributed by atoms with E-state index in [-0.39, 0.29) is 11.4 Å². The van der Waals surface area contributed by atoms with Crippen molar-refractivity contribution < 1.29 is 17.9 Å². The summed E-state index contributed by atoms with van der Waals surface area (Å²) in [7, 11) is -2.03. The van der Waals surface area contributed by atoms with Gasteiger partial charge in [0.25, 0.3) is 0 Å². The van der Waals surface area contributed by atoms with Crippen LogP contribution in [0, 0.1) is 20.8 Å². The summed E-state index contributed by atoms with van der Waals surface area (Å²) < 4.78 is 39.0. The number of rotatable bonds is 11. The fourth-order valence-corrected chi connectivity index (χ4v) is 5.50. The Hall–Kier alpha value is -2.26. The van der Waals surface area contributed by atoms with Crippen molar-refractivity contribution in [3.63, 3.8) is 0 Å². The first kappa shape index (κ1) is 24.4. The van der Waals surface area contributed by atoms with Crippen LogP contribution in [0.15, 0.2) is 52.7 Å². The molecule has 0 saturated heterocycles. The van der Waals surface area contributed by atoms with Crippen LogP contribution in [0.3, 0.4) is 0 Å². The van der Waals surface area contributed by atoms with E-state index in [9.17, 15) is 8.42 Å². The number of benzene rings is 2. The van der Waals surface area contributed by atoms with Crippen molar-refractivity contribution in [3.8, 4) is 5.75 Å². The van der Waals surface area contributed by atoms with Crippen LogP contribution in [0.2, 0.25) is 0 Å². The molecule has 0 amide bonds. The molecular weight excluding hydrogens is 444 g/mol. The van der Waals surface area contributed by atoms with E-state index in [1.807, 2.05) is 50.4 Å². The zero-order valence-corrected chi connectivity index (χ0v) is 20.6. The number of hydrogen-bond acceptors (Lipinski definition) is 6. The highest BCUT2D eigenvalue weighted by Crippen LogP contribution is 2.22. The topological polar surface area (TPSA) is 68.7 Å². The number of nitrogens with zero attached hydrogens (tertiary/aromatic N) is 2. The lowest BCUT2D eigenvalue weighted by Crippen LogP contribution is -2.32. The molecule has 0 atom stereocenters. The Morgan fingerprint density at radius 1 is 1.00 bits per heavy atom. The minimum atomic E-state index is -3.64. The van der Waals surface area contributed by atoms with Gasteiger partial charge in [-0.25, -0.2) is 13.4 Å². The number of ether oxygens (including phenoxy) is 2. The van der Waals surface area contributed by atoms with Gasteiger partial charge >= 0.3 is 0 Å². The molecule has 0 spiro atoms. The third-order valence-electron chi connectivity index (χ3n) is 4.91. The lowest BCUT2D eigenvalue weighted by Gasteiger charge is -2.21. The molecule has 0 N–H and O–H groups in total. The number of methoxy groups -OCH3 is 1. The molecule has 8 heteroatoms. The highest BCUT2D eigenvalue weighted by atomic mass is 32.2. The van der Waals surface area contributed by atoms with E-state index in [0.717, 1.165) is 27.4 Å². The minimum absolute atomic E-state index is 0.208. The third-order valence-corrected chi connectivity index (χ3v) is 7.64. The van der Waals surface area contributed by atoms with Gasteiger partial charge in [-0.1, -0.05) is 23.8 Å². The smallest absolute Gasteiger partial charge is 0.243 e. The predicted molar refractivity (Wildman–Crippen MR) is 128 cm³/mol. The van der Waals surface area contributed by atoms with E-state index < -0.39 is 10.0 Å². The largest absolute Gasteiger partial charge is 0.486 e. The number of aromatic nitrogens is 1. The Morgan fingerprint density at radius 2 is 1.69 bits per heavy atom. The quantitative estimate of drug-likeness (QED) is 0.371. The average Bonchev–Trinajstić information content (AvgIpc) is 3.19. The van der Waals surface area contributed by atoms with Crippen molar-refractivity contribution >= 4 is 21.4 Å². The summed E-state index contributed by atoms with van der Waals surface area (Å²) >= 11 is 1.47. The van der Waals surface area contributed by atoms with E-state index in [2.05, 4.69) is 11.1 Å². The van der Waals surface area contributed by atoms with Gasteiger partial charge in [0.15, 0.2) is 0 Å². The highest BCUT2D eigenvalue weighted by Gasteiger charge is 2.25. The van der Waals surface area contributed by atoms with Gasteiger partial charge in [-0.15, -0.1) is 11.3 Å². The molecule has 3 rings (SSSR count). The fraction of sp³-hybridized carbons (Fsp3) is 0.375. The maximum absolute atomic E-state index is 13.3. The molecule has 6 nitrogen and oxygen atoms in total. The monoisotopic (exact) mass is 474 g/mol. The molecule has 32 heavy (non-hydrogen) atoms. The Labute approximate surface area is 194 Å². The second kappa shape index (κ2) is 11.0. The molecule has 0 radical (unpaired) electrons. The molecule has 0 aliphatic carbocycles. The van der Waals surface area contributed by atoms with Crippen LogP contribution in [0.5, 0.6) is 5.75 Å². The summed E-state index contributed by atoms with van der Waals surface area (Å²) in [5, 5.41) is 2.71. The standard InChI is InChI=1S/C24H30N2O4S2/c1-18-6-8-23(9-7-18)32(27,28)26(10-5-11-29-4)15-21-17-31-24(25-21)16-30-22-13-19(2)12-20(3)14-22/h6-9,12-14,17H,5,10-11,15-16H2,1-4H3. The zero-order valence-electron chi connectivity index (χ0n) is 19.0. The molecule has 0 aliphatic rings. The summed E-state index contributed by atoms with van der Waals surface area (Å²) in [5.41, 5.74) is 4.02. The number of aryl methyl sites for hydroxylation is 3. The molecule has 0 aliphatic heterocycles. The second-order valence-corrected chi connectivity index (χ2v) is 10.7. The predicted octanol–water partition coefficient (Wildman–Crippen LogP) is 4.87. The number of thiazole rings is 1. The molecule has 1 aromatic heterocycles. The van der Waals surface area contributed by atoms with Gasteiger partial charge in [0.1, 0.15) is 17.4 Å². The van der Waals surface area contributed by atoms with Gasteiger partial charge in [0.05, 0.1) is 17.1 Å². The van der Waals surface area contributed by atoms with Crippen LogP contribution < -0.4 is 4.74 Å². The average molecular weight is 475 g/mol. The van der Waals surface area contributed by atoms with Crippen molar-refractivity contribution in [1.82, 2.24) is 9.29 Å². The molecule has 0 bridgehead atoms. The van der Waals surface area contributed by atoms with E-state index in [4.69, 9.17) is 9.47 Å². The van der Waals surface area contributed by atoms with Gasteiger partial charge in [0.2, 0.25) is 10.0 Å². The second-order valence-electron chi connectivity index (χ2n) is 7.84. The molecule has 2 aromatic carbocycles. The van der Waals surface area contributed by atoms with Gasteiger partial charge in [-0.2, -0.15) is 4.31 Å². The maximum Gasteiger partial charge on any atom is 0.243 e. The number of hydrogen-bond donors (Lipinski definition) is 0. The first-order chi connectivity index (χ1) is 15.3. The lowest BCUT2D eigenvalue weighted by molar-refractivity contribution is 0.186. The zero-order chi connectivity index (χ0) is 23.1. The summed E-state index contributed by atoms with van der Waals surface area (Å²) in [6.07, 6.45) is 0.606. The fourth-order valence-electron chi connectivity index (χ4n) is 3.36.